The summed E-state index contributed by atoms with van der Waals surface area (Å²) in [5, 5.41) is 12.4. The van der Waals surface area contributed by atoms with Crippen molar-refractivity contribution in [1.82, 2.24) is 5.32 Å². The Bertz CT molecular complexity index is 416. The first-order chi connectivity index (χ1) is 9.56. The molecule has 20 heavy (non-hydrogen) atoms. The van der Waals surface area contributed by atoms with Crippen molar-refractivity contribution in [3.63, 3.8) is 0 Å². The molecule has 2 N–H and O–H groups in total. The fourth-order valence-electron chi connectivity index (χ4n) is 2.29. The molecule has 3 heteroatoms. The maximum absolute atomic E-state index is 11.9. The van der Waals surface area contributed by atoms with Gasteiger partial charge >= 0.3 is 0 Å². The summed E-state index contributed by atoms with van der Waals surface area (Å²) in [7, 11) is 0. The monoisotopic (exact) mass is 277 g/mol. The number of carbonyl (C=O) groups excluding carboxylic acids is 1. The average Bonchev–Trinajstić information content (AvgIpc) is 2.48. The van der Waals surface area contributed by atoms with E-state index in [1.165, 1.54) is 11.1 Å². The Kier molecular flexibility index (Phi) is 6.73. The van der Waals surface area contributed by atoms with E-state index in [0.29, 0.717) is 13.0 Å². The molecule has 0 fully saturated rings. The van der Waals surface area contributed by atoms with Crippen LogP contribution in [0.15, 0.2) is 24.3 Å². The largest absolute Gasteiger partial charge is 0.396 e. The van der Waals surface area contributed by atoms with Crippen LogP contribution < -0.4 is 5.32 Å². The summed E-state index contributed by atoms with van der Waals surface area (Å²) >= 11 is 0. The highest BCUT2D eigenvalue weighted by Gasteiger charge is 2.25. The van der Waals surface area contributed by atoms with Gasteiger partial charge in [0, 0.05) is 18.4 Å². The first-order valence-electron chi connectivity index (χ1n) is 7.49. The van der Waals surface area contributed by atoms with Crippen LogP contribution in [0.1, 0.15) is 44.2 Å². The first-order valence-corrected chi connectivity index (χ1v) is 7.49. The molecule has 1 rings (SSSR count). The third kappa shape index (κ3) is 4.64. The number of aryl methyl sites for hydroxylation is 2. The van der Waals surface area contributed by atoms with Crippen molar-refractivity contribution >= 4 is 5.91 Å². The third-order valence-electron chi connectivity index (χ3n) is 4.38. The molecule has 0 saturated heterocycles. The number of aliphatic hydroxyl groups is 1. The van der Waals surface area contributed by atoms with Crippen LogP contribution in [0.4, 0.5) is 0 Å². The van der Waals surface area contributed by atoms with Crippen LogP contribution in [0.25, 0.3) is 0 Å². The van der Waals surface area contributed by atoms with Crippen LogP contribution in [0.3, 0.4) is 0 Å². The number of hydrogen-bond donors (Lipinski definition) is 2. The molecular weight excluding hydrogens is 250 g/mol. The summed E-state index contributed by atoms with van der Waals surface area (Å²) < 4.78 is 0. The molecular formula is C17H27NO2. The molecule has 112 valence electrons. The molecule has 1 aromatic carbocycles. The highest BCUT2D eigenvalue weighted by atomic mass is 16.3. The van der Waals surface area contributed by atoms with Crippen LogP contribution in [0, 0.1) is 12.3 Å². The van der Waals surface area contributed by atoms with Gasteiger partial charge in [-0.05, 0) is 37.3 Å². The van der Waals surface area contributed by atoms with Crippen LogP contribution in [0.2, 0.25) is 0 Å². The summed E-state index contributed by atoms with van der Waals surface area (Å²) in [6.45, 7) is 6.86. The Morgan fingerprint density at radius 2 is 1.90 bits per heavy atom. The molecule has 0 aliphatic heterocycles. The molecule has 0 saturated carbocycles. The van der Waals surface area contributed by atoms with E-state index < -0.39 is 0 Å². The molecule has 0 heterocycles. The van der Waals surface area contributed by atoms with E-state index >= 15 is 0 Å². The highest BCUT2D eigenvalue weighted by molar-refractivity contribution is 5.76. The number of benzene rings is 1. The molecule has 0 spiro atoms. The van der Waals surface area contributed by atoms with Gasteiger partial charge in [-0.15, -0.1) is 0 Å². The Hall–Kier alpha value is -1.35. The molecule has 3 nitrogen and oxygen atoms in total. The van der Waals surface area contributed by atoms with E-state index in [1.54, 1.807) is 0 Å². The molecule has 0 unspecified atom stereocenters. The number of carbonyl (C=O) groups is 1. The molecule has 0 bridgehead atoms. The average molecular weight is 277 g/mol. The maximum atomic E-state index is 11.9. The van der Waals surface area contributed by atoms with E-state index in [1.807, 2.05) is 12.1 Å². The van der Waals surface area contributed by atoms with Gasteiger partial charge in [0.2, 0.25) is 5.91 Å². The lowest BCUT2D eigenvalue weighted by atomic mass is 9.83. The second-order valence-electron chi connectivity index (χ2n) is 5.57. The minimum Gasteiger partial charge on any atom is -0.396 e. The summed E-state index contributed by atoms with van der Waals surface area (Å²) in [6, 6.07) is 8.15. The molecule has 0 radical (unpaired) electrons. The second-order valence-corrected chi connectivity index (χ2v) is 5.57. The van der Waals surface area contributed by atoms with Gasteiger partial charge in [-0.3, -0.25) is 4.79 Å². The SMILES string of the molecule is CCC(CC)(CO)CNC(=O)CCc1ccccc1C. The van der Waals surface area contributed by atoms with E-state index in [4.69, 9.17) is 0 Å². The van der Waals surface area contributed by atoms with Crippen molar-refractivity contribution in [3.05, 3.63) is 35.4 Å². The van der Waals surface area contributed by atoms with Gasteiger partial charge in [0.25, 0.3) is 0 Å². The lowest BCUT2D eigenvalue weighted by Crippen LogP contribution is -2.39. The number of rotatable bonds is 8. The molecule has 0 atom stereocenters. The van der Waals surface area contributed by atoms with Gasteiger partial charge in [0.15, 0.2) is 0 Å². The fraction of sp³-hybridized carbons (Fsp3) is 0.588. The molecule has 0 aliphatic rings. The van der Waals surface area contributed by atoms with Crippen LogP contribution in [0.5, 0.6) is 0 Å². The van der Waals surface area contributed by atoms with Crippen LogP contribution in [-0.2, 0) is 11.2 Å². The van der Waals surface area contributed by atoms with Crippen molar-refractivity contribution in [1.29, 1.82) is 0 Å². The number of amides is 1. The zero-order valence-electron chi connectivity index (χ0n) is 12.9. The van der Waals surface area contributed by atoms with Gasteiger partial charge in [-0.25, -0.2) is 0 Å². The van der Waals surface area contributed by atoms with Gasteiger partial charge in [0.1, 0.15) is 0 Å². The maximum Gasteiger partial charge on any atom is 0.220 e. The first kappa shape index (κ1) is 16.7. The summed E-state index contributed by atoms with van der Waals surface area (Å²) in [5.41, 5.74) is 2.28. The van der Waals surface area contributed by atoms with E-state index in [-0.39, 0.29) is 17.9 Å². The third-order valence-corrected chi connectivity index (χ3v) is 4.38. The molecule has 1 amide bonds. The number of aliphatic hydroxyl groups excluding tert-OH is 1. The quantitative estimate of drug-likeness (QED) is 0.767. The Morgan fingerprint density at radius 1 is 1.25 bits per heavy atom. The Morgan fingerprint density at radius 3 is 2.45 bits per heavy atom. The van der Waals surface area contributed by atoms with Crippen LogP contribution >= 0.6 is 0 Å². The van der Waals surface area contributed by atoms with Crippen molar-refractivity contribution in [2.24, 2.45) is 5.41 Å². The molecule has 0 aromatic heterocycles. The molecule has 0 aliphatic carbocycles. The topological polar surface area (TPSA) is 49.3 Å². The van der Waals surface area contributed by atoms with Gasteiger partial charge < -0.3 is 10.4 Å². The standard InChI is InChI=1S/C17H27NO2/c1-4-17(5-2,13-19)12-18-16(20)11-10-15-9-7-6-8-14(15)3/h6-9,19H,4-5,10-13H2,1-3H3,(H,18,20). The Labute approximate surface area is 122 Å². The smallest absolute Gasteiger partial charge is 0.220 e. The minimum atomic E-state index is -0.168. The fourth-order valence-corrected chi connectivity index (χ4v) is 2.29. The predicted molar refractivity (Wildman–Crippen MR) is 82.6 cm³/mol. The lowest BCUT2D eigenvalue weighted by Gasteiger charge is -2.29. The van der Waals surface area contributed by atoms with Crippen molar-refractivity contribution < 1.29 is 9.90 Å². The summed E-state index contributed by atoms with van der Waals surface area (Å²) in [4.78, 5) is 11.9. The zero-order chi connectivity index (χ0) is 15.0. The number of nitrogens with one attached hydrogen (secondary N) is 1. The van der Waals surface area contributed by atoms with Crippen molar-refractivity contribution in [3.8, 4) is 0 Å². The van der Waals surface area contributed by atoms with Gasteiger partial charge in [-0.1, -0.05) is 38.1 Å². The van der Waals surface area contributed by atoms with E-state index in [9.17, 15) is 9.90 Å². The highest BCUT2D eigenvalue weighted by Crippen LogP contribution is 2.24. The predicted octanol–water partition coefficient (Wildman–Crippen LogP) is 2.84. The summed E-state index contributed by atoms with van der Waals surface area (Å²) in [5.74, 6) is 0.0629. The van der Waals surface area contributed by atoms with E-state index in [2.05, 4.69) is 38.2 Å². The molecule has 1 aromatic rings. The second kappa shape index (κ2) is 8.05. The van der Waals surface area contributed by atoms with Gasteiger partial charge in [0.05, 0.1) is 6.61 Å². The minimum absolute atomic E-state index is 0.0629. The Balaban J connectivity index is 2.43. The van der Waals surface area contributed by atoms with Crippen molar-refractivity contribution in [2.45, 2.75) is 46.5 Å². The normalized spacial score (nSPS) is 11.4. The van der Waals surface area contributed by atoms with Gasteiger partial charge in [-0.2, -0.15) is 0 Å². The number of hydrogen-bond acceptors (Lipinski definition) is 2. The zero-order valence-corrected chi connectivity index (χ0v) is 12.9. The van der Waals surface area contributed by atoms with Crippen molar-refractivity contribution in [2.75, 3.05) is 13.2 Å². The van der Waals surface area contributed by atoms with E-state index in [0.717, 1.165) is 19.3 Å². The van der Waals surface area contributed by atoms with Crippen LogP contribution in [-0.4, -0.2) is 24.2 Å². The summed E-state index contributed by atoms with van der Waals surface area (Å²) in [6.07, 6.45) is 3.01. The lowest BCUT2D eigenvalue weighted by molar-refractivity contribution is -0.121.